The molecule has 2 N–H and O–H groups in total. The summed E-state index contributed by atoms with van der Waals surface area (Å²) in [6.07, 6.45) is 0. The van der Waals surface area contributed by atoms with Crippen molar-refractivity contribution in [2.45, 2.75) is 32.9 Å². The number of rotatable bonds is 2. The number of H-pyrrole nitrogens is 1. The molecule has 0 aliphatic heterocycles. The van der Waals surface area contributed by atoms with Gasteiger partial charge in [0.1, 0.15) is 0 Å². The second kappa shape index (κ2) is 4.22. The van der Waals surface area contributed by atoms with Crippen molar-refractivity contribution in [3.05, 3.63) is 34.4 Å². The van der Waals surface area contributed by atoms with Crippen LogP contribution in [-0.2, 0) is 6.54 Å². The van der Waals surface area contributed by atoms with Crippen LogP contribution in [-0.4, -0.2) is 10.5 Å². The fourth-order valence-corrected chi connectivity index (χ4v) is 2.00. The highest BCUT2D eigenvalue weighted by atomic mass is 79.9. The van der Waals surface area contributed by atoms with Crippen molar-refractivity contribution >= 4 is 26.8 Å². The van der Waals surface area contributed by atoms with Crippen LogP contribution in [0.15, 0.2) is 28.7 Å². The van der Waals surface area contributed by atoms with Gasteiger partial charge in [0, 0.05) is 33.2 Å². The highest BCUT2D eigenvalue weighted by Gasteiger charge is 2.09. The average molecular weight is 281 g/mol. The Bertz CT molecular complexity index is 494. The van der Waals surface area contributed by atoms with E-state index in [1.165, 1.54) is 16.6 Å². The number of fused-ring (bicyclic) bond motifs is 1. The second-order valence-electron chi connectivity index (χ2n) is 5.13. The Balaban J connectivity index is 2.20. The molecular formula is C13H17BrN2. The largest absolute Gasteiger partial charge is 0.357 e. The van der Waals surface area contributed by atoms with E-state index in [0.29, 0.717) is 0 Å². The van der Waals surface area contributed by atoms with Crippen LogP contribution in [0, 0.1) is 0 Å². The third-order valence-corrected chi connectivity index (χ3v) is 2.94. The van der Waals surface area contributed by atoms with Gasteiger partial charge in [-0.3, -0.25) is 0 Å². The molecule has 0 amide bonds. The summed E-state index contributed by atoms with van der Waals surface area (Å²) in [7, 11) is 0. The number of hydrogen-bond acceptors (Lipinski definition) is 1. The van der Waals surface area contributed by atoms with E-state index >= 15 is 0 Å². The average Bonchev–Trinajstić information content (AvgIpc) is 2.55. The maximum Gasteiger partial charge on any atom is 0.0457 e. The molecule has 0 bridgehead atoms. The molecule has 1 heterocycles. The number of aromatic nitrogens is 1. The summed E-state index contributed by atoms with van der Waals surface area (Å²) >= 11 is 3.48. The third-order valence-electron chi connectivity index (χ3n) is 2.45. The molecule has 0 saturated carbocycles. The molecule has 1 aromatic heterocycles. The molecule has 16 heavy (non-hydrogen) atoms. The standard InChI is InChI=1S/C13H17BrN2/c1-13(2,3)15-8-11-7-9-6-10(14)4-5-12(9)16-11/h4-7,15-16H,8H2,1-3H3. The summed E-state index contributed by atoms with van der Waals surface area (Å²) in [5, 5.41) is 4.72. The Morgan fingerprint density at radius 3 is 2.69 bits per heavy atom. The minimum atomic E-state index is 0.151. The lowest BCUT2D eigenvalue weighted by Gasteiger charge is -2.19. The minimum Gasteiger partial charge on any atom is -0.357 e. The van der Waals surface area contributed by atoms with E-state index < -0.39 is 0 Å². The SMILES string of the molecule is CC(C)(C)NCc1cc2cc(Br)ccc2[nH]1. The molecule has 0 radical (unpaired) electrons. The highest BCUT2D eigenvalue weighted by Crippen LogP contribution is 2.20. The first-order valence-electron chi connectivity index (χ1n) is 5.46. The van der Waals surface area contributed by atoms with Gasteiger partial charge in [0.05, 0.1) is 0 Å². The molecular weight excluding hydrogens is 264 g/mol. The van der Waals surface area contributed by atoms with Crippen LogP contribution in [0.5, 0.6) is 0 Å². The van der Waals surface area contributed by atoms with Crippen LogP contribution in [0.1, 0.15) is 26.5 Å². The molecule has 0 atom stereocenters. The van der Waals surface area contributed by atoms with Crippen molar-refractivity contribution in [1.82, 2.24) is 10.3 Å². The molecule has 2 rings (SSSR count). The van der Waals surface area contributed by atoms with Gasteiger partial charge in [0.25, 0.3) is 0 Å². The van der Waals surface area contributed by atoms with Crippen molar-refractivity contribution < 1.29 is 0 Å². The first kappa shape index (κ1) is 11.7. The molecule has 0 spiro atoms. The van der Waals surface area contributed by atoms with E-state index in [1.54, 1.807) is 0 Å². The van der Waals surface area contributed by atoms with Gasteiger partial charge in [-0.25, -0.2) is 0 Å². The molecule has 1 aromatic carbocycles. The van der Waals surface area contributed by atoms with Gasteiger partial charge in [-0.15, -0.1) is 0 Å². The Kier molecular flexibility index (Phi) is 3.08. The zero-order valence-electron chi connectivity index (χ0n) is 9.89. The Labute approximate surface area is 105 Å². The van der Waals surface area contributed by atoms with Crippen LogP contribution in [0.4, 0.5) is 0 Å². The van der Waals surface area contributed by atoms with Crippen molar-refractivity contribution in [3.63, 3.8) is 0 Å². The van der Waals surface area contributed by atoms with Gasteiger partial charge in [0.2, 0.25) is 0 Å². The number of benzene rings is 1. The highest BCUT2D eigenvalue weighted by molar-refractivity contribution is 9.10. The van der Waals surface area contributed by atoms with E-state index in [2.05, 4.69) is 71.3 Å². The second-order valence-corrected chi connectivity index (χ2v) is 6.05. The van der Waals surface area contributed by atoms with Crippen LogP contribution in [0.3, 0.4) is 0 Å². The lowest BCUT2D eigenvalue weighted by molar-refractivity contribution is 0.422. The van der Waals surface area contributed by atoms with Crippen LogP contribution in [0.25, 0.3) is 10.9 Å². The predicted molar refractivity (Wildman–Crippen MR) is 72.6 cm³/mol. The summed E-state index contributed by atoms with van der Waals surface area (Å²) in [4.78, 5) is 3.41. The maximum atomic E-state index is 3.48. The van der Waals surface area contributed by atoms with E-state index in [0.717, 1.165) is 11.0 Å². The summed E-state index contributed by atoms with van der Waals surface area (Å²) in [5.41, 5.74) is 2.56. The zero-order chi connectivity index (χ0) is 11.8. The molecule has 0 aliphatic carbocycles. The smallest absolute Gasteiger partial charge is 0.0457 e. The Morgan fingerprint density at radius 2 is 2.00 bits per heavy atom. The quantitative estimate of drug-likeness (QED) is 0.860. The van der Waals surface area contributed by atoms with E-state index in [9.17, 15) is 0 Å². The monoisotopic (exact) mass is 280 g/mol. The van der Waals surface area contributed by atoms with Gasteiger partial charge in [-0.2, -0.15) is 0 Å². The van der Waals surface area contributed by atoms with Crippen molar-refractivity contribution in [1.29, 1.82) is 0 Å². The molecule has 3 heteroatoms. The molecule has 2 nitrogen and oxygen atoms in total. The number of aromatic amines is 1. The molecule has 0 fully saturated rings. The molecule has 0 aliphatic rings. The summed E-state index contributed by atoms with van der Waals surface area (Å²) in [5.74, 6) is 0. The zero-order valence-corrected chi connectivity index (χ0v) is 11.5. The van der Waals surface area contributed by atoms with Crippen LogP contribution < -0.4 is 5.32 Å². The van der Waals surface area contributed by atoms with Gasteiger partial charge >= 0.3 is 0 Å². The van der Waals surface area contributed by atoms with Crippen molar-refractivity contribution in [3.8, 4) is 0 Å². The first-order chi connectivity index (χ1) is 7.44. The molecule has 86 valence electrons. The molecule has 2 aromatic rings. The fourth-order valence-electron chi connectivity index (χ4n) is 1.62. The van der Waals surface area contributed by atoms with Gasteiger partial charge in [-0.1, -0.05) is 15.9 Å². The van der Waals surface area contributed by atoms with Crippen molar-refractivity contribution in [2.24, 2.45) is 0 Å². The maximum absolute atomic E-state index is 3.48. The lowest BCUT2D eigenvalue weighted by atomic mass is 10.1. The summed E-state index contributed by atoms with van der Waals surface area (Å²) in [6.45, 7) is 7.39. The fraction of sp³-hybridized carbons (Fsp3) is 0.385. The first-order valence-corrected chi connectivity index (χ1v) is 6.25. The molecule has 0 unspecified atom stereocenters. The van der Waals surface area contributed by atoms with E-state index in [-0.39, 0.29) is 5.54 Å². The normalized spacial score (nSPS) is 12.2. The Morgan fingerprint density at radius 1 is 1.25 bits per heavy atom. The van der Waals surface area contributed by atoms with Crippen LogP contribution >= 0.6 is 15.9 Å². The lowest BCUT2D eigenvalue weighted by Crippen LogP contribution is -2.35. The summed E-state index contributed by atoms with van der Waals surface area (Å²) in [6, 6.07) is 8.48. The predicted octanol–water partition coefficient (Wildman–Crippen LogP) is 3.82. The van der Waals surface area contributed by atoms with Crippen LogP contribution in [0.2, 0.25) is 0 Å². The van der Waals surface area contributed by atoms with E-state index in [1.807, 2.05) is 0 Å². The summed E-state index contributed by atoms with van der Waals surface area (Å²) < 4.78 is 1.12. The van der Waals surface area contributed by atoms with Gasteiger partial charge in [0.15, 0.2) is 0 Å². The van der Waals surface area contributed by atoms with Gasteiger partial charge < -0.3 is 10.3 Å². The van der Waals surface area contributed by atoms with Gasteiger partial charge in [-0.05, 0) is 45.0 Å². The number of halogens is 1. The number of hydrogen-bond donors (Lipinski definition) is 2. The topological polar surface area (TPSA) is 27.8 Å². The minimum absolute atomic E-state index is 0.151. The third kappa shape index (κ3) is 2.86. The Hall–Kier alpha value is -0.800. The number of nitrogens with one attached hydrogen (secondary N) is 2. The molecule has 0 saturated heterocycles. The van der Waals surface area contributed by atoms with Crippen molar-refractivity contribution in [2.75, 3.05) is 0 Å². The van der Waals surface area contributed by atoms with E-state index in [4.69, 9.17) is 0 Å².